The van der Waals surface area contributed by atoms with E-state index in [0.717, 1.165) is 26.6 Å². The zero-order valence-corrected chi connectivity index (χ0v) is 16.0. The van der Waals surface area contributed by atoms with Crippen molar-refractivity contribution < 1.29 is 5.11 Å². The van der Waals surface area contributed by atoms with Crippen LogP contribution >= 0.6 is 0 Å². The molecular formula is C21H19N5O3. The molecular weight excluding hydrogens is 370 g/mol. The van der Waals surface area contributed by atoms with Gasteiger partial charge >= 0.3 is 5.69 Å². The summed E-state index contributed by atoms with van der Waals surface area (Å²) in [6.07, 6.45) is 1.84. The number of aryl methyl sites for hydroxylation is 1. The monoisotopic (exact) mass is 389 g/mol. The van der Waals surface area contributed by atoms with Crippen LogP contribution in [0.5, 0.6) is 0 Å². The van der Waals surface area contributed by atoms with Gasteiger partial charge < -0.3 is 9.67 Å². The van der Waals surface area contributed by atoms with Gasteiger partial charge in [-0.1, -0.05) is 36.4 Å². The Labute approximate surface area is 164 Å². The first-order chi connectivity index (χ1) is 14.0. The number of hydrogen-bond donors (Lipinski definition) is 1. The van der Waals surface area contributed by atoms with Crippen LogP contribution in [-0.2, 0) is 20.6 Å². The number of benzene rings is 2. The van der Waals surface area contributed by atoms with Crippen molar-refractivity contribution in [2.75, 3.05) is 6.61 Å². The van der Waals surface area contributed by atoms with Gasteiger partial charge in [0.2, 0.25) is 5.78 Å². The third-order valence-corrected chi connectivity index (χ3v) is 5.43. The lowest BCUT2D eigenvalue weighted by Gasteiger charge is -2.08. The van der Waals surface area contributed by atoms with Crippen molar-refractivity contribution in [3.63, 3.8) is 0 Å². The minimum absolute atomic E-state index is 0.0783. The lowest BCUT2D eigenvalue weighted by molar-refractivity contribution is 0.278. The SMILES string of the molecule is Cn1c(=O)c2c(nc3n(CCO)c(-c4ccc5ccccc5c4)cn23)n(C)c1=O. The van der Waals surface area contributed by atoms with E-state index in [0.29, 0.717) is 23.5 Å². The van der Waals surface area contributed by atoms with E-state index >= 15 is 0 Å². The molecule has 5 rings (SSSR count). The van der Waals surface area contributed by atoms with Crippen LogP contribution in [0.1, 0.15) is 0 Å². The molecule has 3 aromatic heterocycles. The minimum atomic E-state index is -0.424. The van der Waals surface area contributed by atoms with Crippen LogP contribution < -0.4 is 11.2 Å². The molecule has 3 heterocycles. The normalized spacial score (nSPS) is 11.8. The van der Waals surface area contributed by atoms with Crippen molar-refractivity contribution in [3.8, 4) is 11.3 Å². The Bertz CT molecular complexity index is 1530. The minimum Gasteiger partial charge on any atom is -0.395 e. The molecule has 0 bridgehead atoms. The molecule has 0 unspecified atom stereocenters. The topological polar surface area (TPSA) is 86.5 Å². The highest BCUT2D eigenvalue weighted by Crippen LogP contribution is 2.28. The number of aliphatic hydroxyl groups excluding tert-OH is 1. The fraction of sp³-hybridized carbons (Fsp3) is 0.190. The Morgan fingerprint density at radius 2 is 1.76 bits per heavy atom. The molecule has 5 aromatic rings. The zero-order valence-electron chi connectivity index (χ0n) is 16.0. The molecule has 0 aliphatic rings. The summed E-state index contributed by atoms with van der Waals surface area (Å²) >= 11 is 0. The van der Waals surface area contributed by atoms with Gasteiger partial charge in [-0.25, -0.2) is 4.79 Å². The van der Waals surface area contributed by atoms with Gasteiger partial charge in [0.25, 0.3) is 5.56 Å². The van der Waals surface area contributed by atoms with Gasteiger partial charge in [0.15, 0.2) is 11.2 Å². The zero-order chi connectivity index (χ0) is 20.3. The third-order valence-electron chi connectivity index (χ3n) is 5.43. The second kappa shape index (κ2) is 6.18. The molecule has 0 atom stereocenters. The van der Waals surface area contributed by atoms with E-state index in [9.17, 15) is 14.7 Å². The molecule has 0 fully saturated rings. The molecule has 8 heteroatoms. The number of aliphatic hydroxyl groups is 1. The average molecular weight is 389 g/mol. The van der Waals surface area contributed by atoms with Gasteiger partial charge in [0.05, 0.1) is 12.3 Å². The van der Waals surface area contributed by atoms with Crippen LogP contribution in [0.15, 0.2) is 58.3 Å². The molecule has 1 N–H and O–H groups in total. The first-order valence-corrected chi connectivity index (χ1v) is 9.28. The average Bonchev–Trinajstić information content (AvgIpc) is 3.27. The predicted octanol–water partition coefficient (Wildman–Crippen LogP) is 1.50. The van der Waals surface area contributed by atoms with E-state index in [-0.39, 0.29) is 6.61 Å². The maximum Gasteiger partial charge on any atom is 0.332 e. The first-order valence-electron chi connectivity index (χ1n) is 9.28. The Morgan fingerprint density at radius 3 is 2.52 bits per heavy atom. The molecule has 0 amide bonds. The number of rotatable bonds is 3. The van der Waals surface area contributed by atoms with E-state index in [1.54, 1.807) is 11.4 Å². The summed E-state index contributed by atoms with van der Waals surface area (Å²) in [6, 6.07) is 14.2. The van der Waals surface area contributed by atoms with Crippen LogP contribution in [0.2, 0.25) is 0 Å². The summed E-state index contributed by atoms with van der Waals surface area (Å²) in [5, 5.41) is 11.9. The van der Waals surface area contributed by atoms with E-state index in [1.807, 2.05) is 41.1 Å². The highest BCUT2D eigenvalue weighted by atomic mass is 16.3. The van der Waals surface area contributed by atoms with Gasteiger partial charge in [0.1, 0.15) is 0 Å². The molecule has 0 saturated carbocycles. The highest BCUT2D eigenvalue weighted by molar-refractivity contribution is 5.87. The summed E-state index contributed by atoms with van der Waals surface area (Å²) in [5.74, 6) is 0.510. The smallest absolute Gasteiger partial charge is 0.332 e. The highest BCUT2D eigenvalue weighted by Gasteiger charge is 2.20. The quantitative estimate of drug-likeness (QED) is 0.507. The van der Waals surface area contributed by atoms with Crippen molar-refractivity contribution in [2.24, 2.45) is 14.1 Å². The largest absolute Gasteiger partial charge is 0.395 e. The number of imidazole rings is 2. The molecule has 8 nitrogen and oxygen atoms in total. The van der Waals surface area contributed by atoms with Gasteiger partial charge in [0, 0.05) is 32.4 Å². The fourth-order valence-electron chi connectivity index (χ4n) is 3.91. The Kier molecular flexibility index (Phi) is 3.72. The van der Waals surface area contributed by atoms with Crippen LogP contribution in [0, 0.1) is 0 Å². The van der Waals surface area contributed by atoms with Gasteiger partial charge in [-0.2, -0.15) is 4.98 Å². The Hall–Kier alpha value is -3.65. The van der Waals surface area contributed by atoms with Crippen molar-refractivity contribution in [3.05, 3.63) is 69.5 Å². The fourth-order valence-corrected chi connectivity index (χ4v) is 3.91. The van der Waals surface area contributed by atoms with Crippen molar-refractivity contribution in [2.45, 2.75) is 6.54 Å². The number of fused-ring (bicyclic) bond motifs is 4. The maximum absolute atomic E-state index is 12.8. The molecule has 0 aliphatic carbocycles. The van der Waals surface area contributed by atoms with E-state index < -0.39 is 11.2 Å². The lowest BCUT2D eigenvalue weighted by Crippen LogP contribution is -2.37. The molecule has 146 valence electrons. The first kappa shape index (κ1) is 17.4. The Balaban J connectivity index is 1.87. The summed E-state index contributed by atoms with van der Waals surface area (Å²) < 4.78 is 6.02. The Morgan fingerprint density at radius 1 is 1.00 bits per heavy atom. The molecule has 0 spiro atoms. The molecule has 29 heavy (non-hydrogen) atoms. The van der Waals surface area contributed by atoms with Gasteiger partial charge in [-0.3, -0.25) is 18.3 Å². The predicted molar refractivity (Wildman–Crippen MR) is 111 cm³/mol. The van der Waals surface area contributed by atoms with Crippen LogP contribution in [0.4, 0.5) is 0 Å². The summed E-state index contributed by atoms with van der Waals surface area (Å²) in [4.78, 5) is 29.6. The summed E-state index contributed by atoms with van der Waals surface area (Å²) in [6.45, 7) is 0.237. The van der Waals surface area contributed by atoms with Crippen LogP contribution in [0.25, 0.3) is 39.0 Å². The van der Waals surface area contributed by atoms with Crippen molar-refractivity contribution in [1.29, 1.82) is 0 Å². The van der Waals surface area contributed by atoms with E-state index in [4.69, 9.17) is 0 Å². The lowest BCUT2D eigenvalue weighted by atomic mass is 10.1. The number of aromatic nitrogens is 5. The third kappa shape index (κ3) is 2.39. The standard InChI is InChI=1S/C21H19N5O3/c1-23-18-17(19(28)24(2)21(23)29)26-12-16(25(9-10-27)20(26)22-18)15-8-7-13-5-3-4-6-14(13)11-15/h3-8,11-12,27H,9-10H2,1-2H3. The van der Waals surface area contributed by atoms with E-state index in [2.05, 4.69) is 17.1 Å². The van der Waals surface area contributed by atoms with Crippen LogP contribution in [-0.4, -0.2) is 34.8 Å². The summed E-state index contributed by atoms with van der Waals surface area (Å²) in [7, 11) is 3.05. The summed E-state index contributed by atoms with van der Waals surface area (Å²) in [5.41, 5.74) is 1.63. The molecule has 2 aromatic carbocycles. The molecule has 0 aliphatic heterocycles. The van der Waals surface area contributed by atoms with Crippen molar-refractivity contribution >= 4 is 27.7 Å². The number of hydrogen-bond acceptors (Lipinski definition) is 4. The van der Waals surface area contributed by atoms with E-state index in [1.165, 1.54) is 11.6 Å². The van der Waals surface area contributed by atoms with Gasteiger partial charge in [-0.15, -0.1) is 0 Å². The van der Waals surface area contributed by atoms with Crippen molar-refractivity contribution in [1.82, 2.24) is 23.1 Å². The van der Waals surface area contributed by atoms with Crippen LogP contribution in [0.3, 0.4) is 0 Å². The molecule has 0 saturated heterocycles. The van der Waals surface area contributed by atoms with Gasteiger partial charge in [-0.05, 0) is 16.8 Å². The second-order valence-electron chi connectivity index (χ2n) is 7.11. The molecule has 0 radical (unpaired) electrons. The second-order valence-corrected chi connectivity index (χ2v) is 7.11. The maximum atomic E-state index is 12.8. The number of nitrogens with zero attached hydrogens (tertiary/aromatic N) is 5.